The molecular weight excluding hydrogens is 196 g/mol. The number of carbonyl (C=O) groups excluding carboxylic acids is 1. The third-order valence-electron chi connectivity index (χ3n) is 2.79. The van der Waals surface area contributed by atoms with Crippen molar-refractivity contribution in [2.24, 2.45) is 0 Å². The van der Waals surface area contributed by atoms with Crippen LogP contribution >= 0.6 is 11.8 Å². The number of nitrogens with one attached hydrogen (secondary N) is 1. The standard InChI is InChI=1S/C10H18N2OS/c1-2-9-7-12(5-6-14-9)10(13)11-8-3-4-8/h8-9H,2-7H2,1H3,(H,11,13). The number of urea groups is 1. The average molecular weight is 214 g/mol. The van der Waals surface area contributed by atoms with E-state index in [1.165, 1.54) is 12.8 Å². The first-order valence-corrected chi connectivity index (χ1v) is 6.51. The van der Waals surface area contributed by atoms with Crippen LogP contribution in [-0.4, -0.2) is 41.1 Å². The molecule has 1 saturated carbocycles. The average Bonchev–Trinajstić information content (AvgIpc) is 3.02. The van der Waals surface area contributed by atoms with E-state index in [9.17, 15) is 4.79 Å². The topological polar surface area (TPSA) is 32.3 Å². The van der Waals surface area contributed by atoms with E-state index in [4.69, 9.17) is 0 Å². The zero-order chi connectivity index (χ0) is 9.97. The van der Waals surface area contributed by atoms with E-state index in [-0.39, 0.29) is 6.03 Å². The normalized spacial score (nSPS) is 27.5. The van der Waals surface area contributed by atoms with Gasteiger partial charge in [-0.2, -0.15) is 11.8 Å². The minimum absolute atomic E-state index is 0.159. The van der Waals surface area contributed by atoms with Crippen molar-refractivity contribution in [1.29, 1.82) is 0 Å². The van der Waals surface area contributed by atoms with Gasteiger partial charge in [0.2, 0.25) is 0 Å². The zero-order valence-corrected chi connectivity index (χ0v) is 9.48. The molecule has 1 atom stereocenters. The highest BCUT2D eigenvalue weighted by atomic mass is 32.2. The fraction of sp³-hybridized carbons (Fsp3) is 0.900. The Morgan fingerprint density at radius 3 is 3.00 bits per heavy atom. The van der Waals surface area contributed by atoms with Crippen LogP contribution in [0.15, 0.2) is 0 Å². The Kier molecular flexibility index (Phi) is 3.21. The smallest absolute Gasteiger partial charge is 0.317 e. The molecule has 2 amide bonds. The summed E-state index contributed by atoms with van der Waals surface area (Å²) in [7, 11) is 0. The van der Waals surface area contributed by atoms with Gasteiger partial charge < -0.3 is 10.2 Å². The number of hydrogen-bond acceptors (Lipinski definition) is 2. The maximum atomic E-state index is 11.7. The van der Waals surface area contributed by atoms with E-state index in [1.807, 2.05) is 16.7 Å². The molecule has 1 heterocycles. The first-order valence-electron chi connectivity index (χ1n) is 5.46. The summed E-state index contributed by atoms with van der Waals surface area (Å²) in [5.74, 6) is 1.09. The van der Waals surface area contributed by atoms with E-state index in [0.29, 0.717) is 11.3 Å². The Morgan fingerprint density at radius 2 is 2.36 bits per heavy atom. The SMILES string of the molecule is CCC1CN(C(=O)NC2CC2)CCS1. The lowest BCUT2D eigenvalue weighted by Gasteiger charge is -2.31. The summed E-state index contributed by atoms with van der Waals surface area (Å²) in [6.07, 6.45) is 3.51. The van der Waals surface area contributed by atoms with Crippen LogP contribution in [0.25, 0.3) is 0 Å². The maximum absolute atomic E-state index is 11.7. The fourth-order valence-electron chi connectivity index (χ4n) is 1.64. The molecule has 2 fully saturated rings. The predicted molar refractivity (Wildman–Crippen MR) is 59.7 cm³/mol. The summed E-state index contributed by atoms with van der Waals surface area (Å²) in [6, 6.07) is 0.642. The third-order valence-corrected chi connectivity index (χ3v) is 4.16. The van der Waals surface area contributed by atoms with Crippen molar-refractivity contribution in [2.45, 2.75) is 37.5 Å². The minimum atomic E-state index is 0.159. The van der Waals surface area contributed by atoms with Crippen LogP contribution in [0.2, 0.25) is 0 Å². The second kappa shape index (κ2) is 4.43. The first-order chi connectivity index (χ1) is 6.79. The van der Waals surface area contributed by atoms with E-state index in [0.717, 1.165) is 25.3 Å². The summed E-state index contributed by atoms with van der Waals surface area (Å²) in [5, 5.41) is 3.69. The van der Waals surface area contributed by atoms with Crippen molar-refractivity contribution in [2.75, 3.05) is 18.8 Å². The Morgan fingerprint density at radius 1 is 1.57 bits per heavy atom. The van der Waals surface area contributed by atoms with Crippen LogP contribution in [0.1, 0.15) is 26.2 Å². The van der Waals surface area contributed by atoms with Crippen molar-refractivity contribution in [3.8, 4) is 0 Å². The van der Waals surface area contributed by atoms with Crippen LogP contribution in [0.3, 0.4) is 0 Å². The molecule has 3 nitrogen and oxygen atoms in total. The van der Waals surface area contributed by atoms with Crippen molar-refractivity contribution in [1.82, 2.24) is 10.2 Å². The zero-order valence-electron chi connectivity index (χ0n) is 8.66. The van der Waals surface area contributed by atoms with Crippen molar-refractivity contribution < 1.29 is 4.79 Å². The quantitative estimate of drug-likeness (QED) is 0.758. The predicted octanol–water partition coefficient (Wildman–Crippen LogP) is 1.69. The highest BCUT2D eigenvalue weighted by molar-refractivity contribution is 8.00. The Labute approximate surface area is 89.6 Å². The molecule has 14 heavy (non-hydrogen) atoms. The lowest BCUT2D eigenvalue weighted by atomic mass is 10.3. The third kappa shape index (κ3) is 2.56. The molecular formula is C10H18N2OS. The molecule has 0 aromatic carbocycles. The summed E-state index contributed by atoms with van der Waals surface area (Å²) < 4.78 is 0. The van der Waals surface area contributed by atoms with Crippen LogP contribution in [0, 0.1) is 0 Å². The van der Waals surface area contributed by atoms with E-state index >= 15 is 0 Å². The van der Waals surface area contributed by atoms with Crippen molar-refractivity contribution in [3.63, 3.8) is 0 Å². The molecule has 1 N–H and O–H groups in total. The van der Waals surface area contributed by atoms with E-state index < -0.39 is 0 Å². The van der Waals surface area contributed by atoms with Crippen LogP contribution in [-0.2, 0) is 0 Å². The summed E-state index contributed by atoms with van der Waals surface area (Å²) in [6.45, 7) is 4.04. The molecule has 0 aromatic rings. The summed E-state index contributed by atoms with van der Waals surface area (Å²) >= 11 is 2.00. The van der Waals surface area contributed by atoms with Gasteiger partial charge in [-0.25, -0.2) is 4.79 Å². The first kappa shape index (κ1) is 10.1. The molecule has 4 heteroatoms. The fourth-order valence-corrected chi connectivity index (χ4v) is 2.82. The molecule has 1 unspecified atom stereocenters. The summed E-state index contributed by atoms with van der Waals surface area (Å²) in [5.41, 5.74) is 0. The molecule has 0 radical (unpaired) electrons. The molecule has 2 aliphatic rings. The largest absolute Gasteiger partial charge is 0.335 e. The van der Waals surface area contributed by atoms with Gasteiger partial charge in [-0.3, -0.25) is 0 Å². The maximum Gasteiger partial charge on any atom is 0.317 e. The molecule has 0 aromatic heterocycles. The molecule has 1 aliphatic carbocycles. The number of nitrogens with zero attached hydrogens (tertiary/aromatic N) is 1. The molecule has 80 valence electrons. The molecule has 0 spiro atoms. The number of thioether (sulfide) groups is 1. The van der Waals surface area contributed by atoms with E-state index in [2.05, 4.69) is 12.2 Å². The lowest BCUT2D eigenvalue weighted by Crippen LogP contribution is -2.47. The highest BCUT2D eigenvalue weighted by Gasteiger charge is 2.28. The van der Waals surface area contributed by atoms with Gasteiger partial charge in [0.15, 0.2) is 0 Å². The van der Waals surface area contributed by atoms with Crippen LogP contribution < -0.4 is 5.32 Å². The number of rotatable bonds is 2. The number of hydrogen-bond donors (Lipinski definition) is 1. The number of carbonyl (C=O) groups is 1. The Hall–Kier alpha value is -0.380. The second-order valence-corrected chi connectivity index (χ2v) is 5.48. The summed E-state index contributed by atoms with van der Waals surface area (Å²) in [4.78, 5) is 13.7. The van der Waals surface area contributed by atoms with Gasteiger partial charge in [0.05, 0.1) is 0 Å². The van der Waals surface area contributed by atoms with Gasteiger partial charge in [-0.05, 0) is 19.3 Å². The van der Waals surface area contributed by atoms with E-state index in [1.54, 1.807) is 0 Å². The van der Waals surface area contributed by atoms with Crippen molar-refractivity contribution >= 4 is 17.8 Å². The van der Waals surface area contributed by atoms with Gasteiger partial charge in [-0.1, -0.05) is 6.92 Å². The molecule has 1 aliphatic heterocycles. The van der Waals surface area contributed by atoms with Gasteiger partial charge in [-0.15, -0.1) is 0 Å². The monoisotopic (exact) mass is 214 g/mol. The van der Waals surface area contributed by atoms with Gasteiger partial charge in [0.25, 0.3) is 0 Å². The minimum Gasteiger partial charge on any atom is -0.335 e. The molecule has 1 saturated heterocycles. The van der Waals surface area contributed by atoms with Crippen molar-refractivity contribution in [3.05, 3.63) is 0 Å². The van der Waals surface area contributed by atoms with Crippen LogP contribution in [0.4, 0.5) is 4.79 Å². The van der Waals surface area contributed by atoms with Gasteiger partial charge in [0.1, 0.15) is 0 Å². The van der Waals surface area contributed by atoms with Gasteiger partial charge in [0, 0.05) is 30.1 Å². The highest BCUT2D eigenvalue weighted by Crippen LogP contribution is 2.23. The van der Waals surface area contributed by atoms with Crippen LogP contribution in [0.5, 0.6) is 0 Å². The lowest BCUT2D eigenvalue weighted by molar-refractivity contribution is 0.199. The van der Waals surface area contributed by atoms with Gasteiger partial charge >= 0.3 is 6.03 Å². The molecule has 0 bridgehead atoms. The molecule has 2 rings (SSSR count). The Balaban J connectivity index is 1.79. The Bertz CT molecular complexity index is 218. The number of amides is 2. The second-order valence-electron chi connectivity index (χ2n) is 4.07.